The summed E-state index contributed by atoms with van der Waals surface area (Å²) in [7, 11) is 1.27. The van der Waals surface area contributed by atoms with E-state index in [9.17, 15) is 9.90 Å². The lowest BCUT2D eigenvalue weighted by Gasteiger charge is -2.01. The number of benzene rings is 2. The normalized spacial score (nSPS) is 10.9. The van der Waals surface area contributed by atoms with Gasteiger partial charge in [0.25, 0.3) is 0 Å². The van der Waals surface area contributed by atoms with E-state index in [1.807, 2.05) is 24.3 Å². The van der Waals surface area contributed by atoms with Gasteiger partial charge in [-0.2, -0.15) is 0 Å². The van der Waals surface area contributed by atoms with Crippen LogP contribution in [0.1, 0.15) is 10.4 Å². The fourth-order valence-electron chi connectivity index (χ4n) is 2.03. The smallest absolute Gasteiger partial charge is 0.341 e. The molecule has 0 saturated carbocycles. The van der Waals surface area contributed by atoms with Crippen molar-refractivity contribution in [2.45, 2.75) is 0 Å². The Morgan fingerprint density at radius 1 is 1.17 bits per heavy atom. The zero-order valence-corrected chi connectivity index (χ0v) is 9.64. The summed E-state index contributed by atoms with van der Waals surface area (Å²) in [5.41, 5.74) is 1.37. The van der Waals surface area contributed by atoms with Gasteiger partial charge in [0.2, 0.25) is 0 Å². The van der Waals surface area contributed by atoms with Gasteiger partial charge in [-0.3, -0.25) is 0 Å². The number of esters is 1. The molecule has 1 N–H and O–H groups in total. The van der Waals surface area contributed by atoms with Crippen LogP contribution in [0.5, 0.6) is 5.75 Å². The predicted octanol–water partition coefficient (Wildman–Crippen LogP) is 3.08. The van der Waals surface area contributed by atoms with Crippen LogP contribution in [-0.2, 0) is 4.74 Å². The van der Waals surface area contributed by atoms with Crippen LogP contribution in [0.15, 0.2) is 40.8 Å². The molecule has 1 heterocycles. The molecular weight excluding hydrogens is 232 g/mol. The zero-order chi connectivity index (χ0) is 12.7. The number of ether oxygens (including phenoxy) is 1. The van der Waals surface area contributed by atoms with E-state index >= 15 is 0 Å². The Morgan fingerprint density at radius 3 is 2.72 bits per heavy atom. The standard InChI is InChI=1S/C14H10O4/c1-17-14(16)10-7-13-9(6-11(10)15)8-4-2-3-5-12(8)18-13/h2-7,15H,1H3. The lowest BCUT2D eigenvalue weighted by Crippen LogP contribution is -2.01. The van der Waals surface area contributed by atoms with E-state index in [0.717, 1.165) is 10.8 Å². The molecule has 3 rings (SSSR count). The largest absolute Gasteiger partial charge is 0.507 e. The summed E-state index contributed by atoms with van der Waals surface area (Å²) in [6.45, 7) is 0. The van der Waals surface area contributed by atoms with Crippen molar-refractivity contribution in [2.75, 3.05) is 7.11 Å². The molecule has 3 aromatic rings. The third-order valence-corrected chi connectivity index (χ3v) is 2.90. The molecule has 0 aliphatic carbocycles. The topological polar surface area (TPSA) is 59.7 Å². The maximum Gasteiger partial charge on any atom is 0.341 e. The van der Waals surface area contributed by atoms with Crippen molar-refractivity contribution in [3.8, 4) is 5.75 Å². The summed E-state index contributed by atoms with van der Waals surface area (Å²) in [4.78, 5) is 11.5. The number of phenols is 1. The third kappa shape index (κ3) is 1.43. The van der Waals surface area contributed by atoms with Crippen LogP contribution in [-0.4, -0.2) is 18.2 Å². The number of rotatable bonds is 1. The highest BCUT2D eigenvalue weighted by Gasteiger charge is 2.16. The van der Waals surface area contributed by atoms with E-state index in [0.29, 0.717) is 11.2 Å². The predicted molar refractivity (Wildman–Crippen MR) is 66.7 cm³/mol. The second-order valence-corrected chi connectivity index (χ2v) is 3.96. The molecule has 0 amide bonds. The molecule has 2 aromatic carbocycles. The molecule has 0 fully saturated rings. The lowest BCUT2D eigenvalue weighted by molar-refractivity contribution is 0.0597. The molecule has 0 spiro atoms. The van der Waals surface area contributed by atoms with Gasteiger partial charge in [-0.05, 0) is 18.2 Å². The van der Waals surface area contributed by atoms with E-state index < -0.39 is 5.97 Å². The Bertz CT molecular complexity index is 755. The minimum Gasteiger partial charge on any atom is -0.507 e. The first-order valence-electron chi connectivity index (χ1n) is 5.43. The quantitative estimate of drug-likeness (QED) is 0.666. The zero-order valence-electron chi connectivity index (χ0n) is 9.64. The number of methoxy groups -OCH3 is 1. The van der Waals surface area contributed by atoms with Gasteiger partial charge in [-0.25, -0.2) is 4.79 Å². The van der Waals surface area contributed by atoms with Crippen LogP contribution in [0.4, 0.5) is 0 Å². The number of furan rings is 1. The van der Waals surface area contributed by atoms with Crippen molar-refractivity contribution in [3.05, 3.63) is 42.0 Å². The summed E-state index contributed by atoms with van der Waals surface area (Å²) in [5, 5.41) is 11.5. The first kappa shape index (κ1) is 10.7. The SMILES string of the molecule is COC(=O)c1cc2oc3ccccc3c2cc1O. The summed E-state index contributed by atoms with van der Waals surface area (Å²) < 4.78 is 10.2. The van der Waals surface area contributed by atoms with Crippen LogP contribution in [0.2, 0.25) is 0 Å². The first-order chi connectivity index (χ1) is 8.70. The minimum atomic E-state index is -0.588. The Morgan fingerprint density at radius 2 is 1.94 bits per heavy atom. The van der Waals surface area contributed by atoms with E-state index in [-0.39, 0.29) is 11.3 Å². The minimum absolute atomic E-state index is 0.101. The van der Waals surface area contributed by atoms with Crippen LogP contribution in [0.3, 0.4) is 0 Å². The summed E-state index contributed by atoms with van der Waals surface area (Å²) in [6.07, 6.45) is 0. The molecule has 18 heavy (non-hydrogen) atoms. The molecule has 4 nitrogen and oxygen atoms in total. The Kier molecular flexibility index (Phi) is 2.23. The molecule has 0 radical (unpaired) electrons. The van der Waals surface area contributed by atoms with Crippen molar-refractivity contribution >= 4 is 27.9 Å². The van der Waals surface area contributed by atoms with Crippen LogP contribution in [0.25, 0.3) is 21.9 Å². The molecule has 1 aromatic heterocycles. The van der Waals surface area contributed by atoms with Gasteiger partial charge in [-0.15, -0.1) is 0 Å². The van der Waals surface area contributed by atoms with Crippen molar-refractivity contribution in [1.82, 2.24) is 0 Å². The second-order valence-electron chi connectivity index (χ2n) is 3.96. The Balaban J connectivity index is 2.36. The summed E-state index contributed by atoms with van der Waals surface area (Å²) in [6, 6.07) is 10.5. The van der Waals surface area contributed by atoms with Gasteiger partial charge in [0, 0.05) is 10.8 Å². The highest BCUT2D eigenvalue weighted by atomic mass is 16.5. The molecule has 0 aliphatic rings. The summed E-state index contributed by atoms with van der Waals surface area (Å²) >= 11 is 0. The fourth-order valence-corrected chi connectivity index (χ4v) is 2.03. The van der Waals surface area contributed by atoms with Crippen molar-refractivity contribution < 1.29 is 19.1 Å². The molecule has 0 bridgehead atoms. The molecular formula is C14H10O4. The number of fused-ring (bicyclic) bond motifs is 3. The van der Waals surface area contributed by atoms with Gasteiger partial charge in [0.15, 0.2) is 0 Å². The number of hydrogen-bond donors (Lipinski definition) is 1. The van der Waals surface area contributed by atoms with Crippen molar-refractivity contribution in [2.24, 2.45) is 0 Å². The molecule has 90 valence electrons. The third-order valence-electron chi connectivity index (χ3n) is 2.90. The molecule has 0 saturated heterocycles. The Labute approximate surface area is 102 Å². The second kappa shape index (κ2) is 3.77. The maximum atomic E-state index is 11.5. The van der Waals surface area contributed by atoms with Crippen molar-refractivity contribution in [1.29, 1.82) is 0 Å². The van der Waals surface area contributed by atoms with Gasteiger partial charge in [-0.1, -0.05) is 18.2 Å². The monoisotopic (exact) mass is 242 g/mol. The van der Waals surface area contributed by atoms with Gasteiger partial charge in [0.05, 0.1) is 7.11 Å². The molecule has 0 unspecified atom stereocenters. The van der Waals surface area contributed by atoms with Gasteiger partial charge in [0.1, 0.15) is 22.5 Å². The number of aromatic hydroxyl groups is 1. The van der Waals surface area contributed by atoms with E-state index in [2.05, 4.69) is 4.74 Å². The van der Waals surface area contributed by atoms with E-state index in [1.54, 1.807) is 0 Å². The average Bonchev–Trinajstić information content (AvgIpc) is 2.75. The summed E-state index contributed by atoms with van der Waals surface area (Å²) in [5.74, 6) is -0.698. The Hall–Kier alpha value is -2.49. The number of hydrogen-bond acceptors (Lipinski definition) is 4. The molecule has 0 atom stereocenters. The average molecular weight is 242 g/mol. The molecule has 4 heteroatoms. The number of phenolic OH excluding ortho intramolecular Hbond substituents is 1. The van der Waals surface area contributed by atoms with Crippen molar-refractivity contribution in [3.63, 3.8) is 0 Å². The van der Waals surface area contributed by atoms with E-state index in [4.69, 9.17) is 4.42 Å². The van der Waals surface area contributed by atoms with Crippen LogP contribution in [0, 0.1) is 0 Å². The van der Waals surface area contributed by atoms with Gasteiger partial charge < -0.3 is 14.3 Å². The highest BCUT2D eigenvalue weighted by molar-refractivity contribution is 6.08. The number of carbonyl (C=O) groups excluding carboxylic acids is 1. The number of para-hydroxylation sites is 1. The van der Waals surface area contributed by atoms with E-state index in [1.165, 1.54) is 19.2 Å². The molecule has 0 aliphatic heterocycles. The van der Waals surface area contributed by atoms with Crippen LogP contribution >= 0.6 is 0 Å². The fraction of sp³-hybridized carbons (Fsp3) is 0.0714. The highest BCUT2D eigenvalue weighted by Crippen LogP contribution is 2.33. The lowest BCUT2D eigenvalue weighted by atomic mass is 10.1. The number of carbonyl (C=O) groups is 1. The van der Waals surface area contributed by atoms with Crippen LogP contribution < -0.4 is 0 Å². The first-order valence-corrected chi connectivity index (χ1v) is 5.43. The maximum absolute atomic E-state index is 11.5. The van der Waals surface area contributed by atoms with Gasteiger partial charge >= 0.3 is 5.97 Å².